The van der Waals surface area contributed by atoms with Gasteiger partial charge in [0, 0.05) is 6.54 Å². The molecular weight excluding hydrogens is 273 g/mol. The van der Waals surface area contributed by atoms with E-state index in [9.17, 15) is 14.3 Å². The number of carbonyl (C=O) groups excluding carboxylic acids is 1. The van der Waals surface area contributed by atoms with Gasteiger partial charge in [0.05, 0.1) is 18.6 Å². The van der Waals surface area contributed by atoms with E-state index in [4.69, 9.17) is 4.74 Å². The van der Waals surface area contributed by atoms with Crippen molar-refractivity contribution in [2.45, 2.75) is 44.1 Å². The van der Waals surface area contributed by atoms with Gasteiger partial charge >= 0.3 is 0 Å². The monoisotopic (exact) mass is 295 g/mol. The van der Waals surface area contributed by atoms with Gasteiger partial charge in [-0.1, -0.05) is 31.4 Å². The lowest BCUT2D eigenvalue weighted by atomic mass is 9.85. The Balaban J connectivity index is 1.67. The van der Waals surface area contributed by atoms with Gasteiger partial charge in [-0.3, -0.25) is 4.79 Å². The zero-order valence-corrected chi connectivity index (χ0v) is 12.1. The molecule has 0 bridgehead atoms. The Bertz CT molecular complexity index is 472. The number of amides is 1. The van der Waals surface area contributed by atoms with Crippen LogP contribution in [0.25, 0.3) is 0 Å². The zero-order valence-electron chi connectivity index (χ0n) is 12.1. The maximum absolute atomic E-state index is 13.3. The Morgan fingerprint density at radius 1 is 1.29 bits per heavy atom. The summed E-state index contributed by atoms with van der Waals surface area (Å²) in [5.41, 5.74) is -0.764. The van der Waals surface area contributed by atoms with Crippen LogP contribution in [-0.2, 0) is 4.79 Å². The molecule has 1 aliphatic carbocycles. The molecule has 21 heavy (non-hydrogen) atoms. The first-order valence-corrected chi connectivity index (χ1v) is 7.45. The molecule has 5 heteroatoms. The Labute approximate surface area is 124 Å². The highest BCUT2D eigenvalue weighted by molar-refractivity contribution is 5.76. The number of aliphatic hydroxyl groups is 1. The molecule has 2 N–H and O–H groups in total. The second kappa shape index (κ2) is 7.41. The van der Waals surface area contributed by atoms with Crippen LogP contribution in [0.2, 0.25) is 0 Å². The summed E-state index contributed by atoms with van der Waals surface area (Å²) in [6, 6.07) is 6.10. The first kappa shape index (κ1) is 15.8. The first-order chi connectivity index (χ1) is 10.1. The highest BCUT2D eigenvalue weighted by atomic mass is 19.1. The highest BCUT2D eigenvalue weighted by Crippen LogP contribution is 2.27. The van der Waals surface area contributed by atoms with Crippen molar-refractivity contribution in [3.05, 3.63) is 30.1 Å². The fourth-order valence-electron chi connectivity index (χ4n) is 2.55. The van der Waals surface area contributed by atoms with Crippen molar-refractivity contribution in [2.75, 3.05) is 13.2 Å². The number of rotatable bonds is 6. The Hall–Kier alpha value is -1.62. The molecule has 0 spiro atoms. The predicted molar refractivity (Wildman–Crippen MR) is 77.6 cm³/mol. The lowest BCUT2D eigenvalue weighted by molar-refractivity contribution is -0.123. The van der Waals surface area contributed by atoms with Crippen molar-refractivity contribution in [1.29, 1.82) is 0 Å². The van der Waals surface area contributed by atoms with Crippen LogP contribution in [0.1, 0.15) is 38.5 Å². The van der Waals surface area contributed by atoms with Crippen molar-refractivity contribution < 1.29 is 19.0 Å². The average molecular weight is 295 g/mol. The van der Waals surface area contributed by atoms with E-state index < -0.39 is 11.4 Å². The molecule has 0 aliphatic heterocycles. The fourth-order valence-corrected chi connectivity index (χ4v) is 2.55. The van der Waals surface area contributed by atoms with Crippen LogP contribution in [-0.4, -0.2) is 29.8 Å². The second-order valence-corrected chi connectivity index (χ2v) is 5.59. The molecule has 1 saturated carbocycles. The first-order valence-electron chi connectivity index (χ1n) is 7.45. The van der Waals surface area contributed by atoms with Gasteiger partial charge in [-0.15, -0.1) is 0 Å². The van der Waals surface area contributed by atoms with Crippen LogP contribution in [0.5, 0.6) is 5.75 Å². The van der Waals surface area contributed by atoms with Crippen molar-refractivity contribution in [1.82, 2.24) is 5.32 Å². The normalized spacial score (nSPS) is 17.2. The number of benzene rings is 1. The number of para-hydroxylation sites is 1. The molecule has 1 aromatic carbocycles. The number of nitrogens with one attached hydrogen (secondary N) is 1. The summed E-state index contributed by atoms with van der Waals surface area (Å²) in [6.07, 6.45) is 4.76. The third-order valence-corrected chi connectivity index (χ3v) is 3.82. The topological polar surface area (TPSA) is 58.6 Å². The van der Waals surface area contributed by atoms with Crippen LogP contribution in [0, 0.1) is 5.82 Å². The van der Waals surface area contributed by atoms with Crippen LogP contribution in [0.3, 0.4) is 0 Å². The van der Waals surface area contributed by atoms with Crippen LogP contribution < -0.4 is 10.1 Å². The molecule has 0 saturated heterocycles. The summed E-state index contributed by atoms with van der Waals surface area (Å²) in [5, 5.41) is 13.0. The van der Waals surface area contributed by atoms with E-state index in [2.05, 4.69) is 5.32 Å². The van der Waals surface area contributed by atoms with Gasteiger partial charge in [0.25, 0.3) is 0 Å². The summed E-state index contributed by atoms with van der Waals surface area (Å²) in [5.74, 6) is -0.476. The van der Waals surface area contributed by atoms with E-state index in [0.29, 0.717) is 0 Å². The number of hydrogen-bond donors (Lipinski definition) is 2. The zero-order chi connectivity index (χ0) is 15.1. The molecule has 1 aliphatic rings. The summed E-state index contributed by atoms with van der Waals surface area (Å²) in [4.78, 5) is 11.7. The Morgan fingerprint density at radius 2 is 2.00 bits per heavy atom. The minimum absolute atomic E-state index is 0.116. The molecule has 0 atom stereocenters. The molecule has 4 nitrogen and oxygen atoms in total. The van der Waals surface area contributed by atoms with Gasteiger partial charge in [0.15, 0.2) is 11.6 Å². The van der Waals surface area contributed by atoms with Crippen LogP contribution in [0.15, 0.2) is 24.3 Å². The maximum atomic E-state index is 13.3. The van der Waals surface area contributed by atoms with E-state index in [0.717, 1.165) is 32.1 Å². The molecule has 0 heterocycles. The number of hydrogen-bond acceptors (Lipinski definition) is 3. The molecule has 1 amide bonds. The summed E-state index contributed by atoms with van der Waals surface area (Å²) in [6.45, 7) is 0.400. The number of ether oxygens (including phenoxy) is 1. The fraction of sp³-hybridized carbons (Fsp3) is 0.562. The molecule has 1 fully saturated rings. The molecular formula is C16H22FNO3. The lowest BCUT2D eigenvalue weighted by Crippen LogP contribution is -2.44. The molecule has 2 rings (SSSR count). The van der Waals surface area contributed by atoms with E-state index in [1.54, 1.807) is 12.1 Å². The Morgan fingerprint density at radius 3 is 2.71 bits per heavy atom. The van der Waals surface area contributed by atoms with E-state index in [1.165, 1.54) is 12.1 Å². The minimum Gasteiger partial charge on any atom is -0.490 e. The quantitative estimate of drug-likeness (QED) is 0.847. The van der Waals surface area contributed by atoms with Gasteiger partial charge in [-0.25, -0.2) is 4.39 Å². The van der Waals surface area contributed by atoms with E-state index in [-0.39, 0.29) is 31.2 Å². The van der Waals surface area contributed by atoms with Gasteiger partial charge in [-0.2, -0.15) is 0 Å². The SMILES string of the molecule is O=C(CCOc1ccccc1F)NCC1(O)CCCCC1. The van der Waals surface area contributed by atoms with E-state index >= 15 is 0 Å². The molecule has 0 unspecified atom stereocenters. The number of carbonyl (C=O) groups is 1. The van der Waals surface area contributed by atoms with Crippen LogP contribution >= 0.6 is 0 Å². The van der Waals surface area contributed by atoms with Crippen molar-refractivity contribution >= 4 is 5.91 Å². The molecule has 1 aromatic rings. The third kappa shape index (κ3) is 5.01. The van der Waals surface area contributed by atoms with Crippen molar-refractivity contribution in [3.8, 4) is 5.75 Å². The van der Waals surface area contributed by atoms with Gasteiger partial charge in [0.2, 0.25) is 5.91 Å². The largest absolute Gasteiger partial charge is 0.490 e. The molecule has 0 radical (unpaired) electrons. The van der Waals surface area contributed by atoms with Gasteiger partial charge in [-0.05, 0) is 25.0 Å². The summed E-state index contributed by atoms with van der Waals surface area (Å²) >= 11 is 0. The third-order valence-electron chi connectivity index (χ3n) is 3.82. The van der Waals surface area contributed by atoms with E-state index in [1.807, 2.05) is 0 Å². The minimum atomic E-state index is -0.764. The van der Waals surface area contributed by atoms with Gasteiger partial charge < -0.3 is 15.2 Å². The summed E-state index contributed by atoms with van der Waals surface area (Å²) < 4.78 is 18.5. The lowest BCUT2D eigenvalue weighted by Gasteiger charge is -2.32. The smallest absolute Gasteiger partial charge is 0.223 e. The maximum Gasteiger partial charge on any atom is 0.223 e. The van der Waals surface area contributed by atoms with Gasteiger partial charge in [0.1, 0.15) is 0 Å². The summed E-state index contributed by atoms with van der Waals surface area (Å²) in [7, 11) is 0. The average Bonchev–Trinajstić information content (AvgIpc) is 2.48. The standard InChI is InChI=1S/C16H22FNO3/c17-13-6-2-3-7-14(13)21-11-8-15(19)18-12-16(20)9-4-1-5-10-16/h2-3,6-7,20H,1,4-5,8-12H2,(H,18,19). The second-order valence-electron chi connectivity index (χ2n) is 5.59. The molecule has 116 valence electrons. The molecule has 0 aromatic heterocycles. The number of halogens is 1. The van der Waals surface area contributed by atoms with Crippen LogP contribution in [0.4, 0.5) is 4.39 Å². The van der Waals surface area contributed by atoms with Crippen molar-refractivity contribution in [2.24, 2.45) is 0 Å². The van der Waals surface area contributed by atoms with Crippen molar-refractivity contribution in [3.63, 3.8) is 0 Å². The Kier molecular flexibility index (Phi) is 5.56. The predicted octanol–water partition coefficient (Wildman–Crippen LogP) is 2.41. The highest BCUT2D eigenvalue weighted by Gasteiger charge is 2.29.